The van der Waals surface area contributed by atoms with E-state index in [0.29, 0.717) is 94.4 Å². The minimum absolute atomic E-state index is 0.0332. The van der Waals surface area contributed by atoms with Gasteiger partial charge < -0.3 is 39.4 Å². The quantitative estimate of drug-likeness (QED) is 0.0166. The van der Waals surface area contributed by atoms with Gasteiger partial charge in [0, 0.05) is 104 Å². The van der Waals surface area contributed by atoms with Gasteiger partial charge >= 0.3 is 0 Å². The van der Waals surface area contributed by atoms with E-state index in [1.807, 2.05) is 48.5 Å². The molecule has 0 unspecified atom stereocenters. The molecule has 8 rings (SSSR count). The summed E-state index contributed by atoms with van der Waals surface area (Å²) in [6.07, 6.45) is 56.2. The maximum absolute atomic E-state index is 11.9. The van der Waals surface area contributed by atoms with Crippen LogP contribution in [0.1, 0.15) is 359 Å². The third-order valence-electron chi connectivity index (χ3n) is 22.1. The second-order valence-electron chi connectivity index (χ2n) is 33.8. The van der Waals surface area contributed by atoms with Crippen molar-refractivity contribution in [2.45, 2.75) is 337 Å². The van der Waals surface area contributed by atoms with Crippen molar-refractivity contribution in [1.29, 1.82) is 0 Å². The highest BCUT2D eigenvalue weighted by atomic mass is 16.5. The van der Waals surface area contributed by atoms with Crippen LogP contribution in [0.2, 0.25) is 0 Å². The summed E-state index contributed by atoms with van der Waals surface area (Å²) < 4.78 is 25.0. The van der Waals surface area contributed by atoms with Crippen LogP contribution in [0.4, 0.5) is 22.7 Å². The van der Waals surface area contributed by atoms with Gasteiger partial charge in [-0.05, 0) is 120 Å². The lowest BCUT2D eigenvalue weighted by molar-refractivity contribution is 0.302. The van der Waals surface area contributed by atoms with Crippen molar-refractivity contribution in [2.24, 2.45) is 20.0 Å². The van der Waals surface area contributed by atoms with E-state index >= 15 is 0 Å². The number of phenols is 4. The number of hydrogen-bond donors (Lipinski definition) is 4. The Bertz CT molecular complexity index is 3680. The highest BCUT2D eigenvalue weighted by Crippen LogP contribution is 2.56. The van der Waals surface area contributed by atoms with Crippen LogP contribution in [0.25, 0.3) is 32.3 Å². The average Bonchev–Trinajstić information content (AvgIpc) is 0.698. The Balaban J connectivity index is 1.22. The molecule has 8 aromatic carbocycles. The van der Waals surface area contributed by atoms with E-state index in [1.165, 1.54) is 205 Å². The lowest BCUT2D eigenvalue weighted by Gasteiger charge is -2.26. The third-order valence-corrected chi connectivity index (χ3v) is 22.1. The summed E-state index contributed by atoms with van der Waals surface area (Å²) in [7, 11) is 0. The molecule has 0 fully saturated rings. The summed E-state index contributed by atoms with van der Waals surface area (Å²) in [6.45, 7) is 24.5. The third kappa shape index (κ3) is 29.4. The normalized spacial score (nSPS) is 12.3. The molecule has 0 bridgehead atoms. The van der Waals surface area contributed by atoms with Crippen LogP contribution in [0.15, 0.2) is 117 Å². The van der Waals surface area contributed by atoms with Crippen molar-refractivity contribution >= 4 is 79.9 Å². The average molecular weight is 1530 g/mol. The number of nitrogens with zero attached hydrogens (tertiary/aromatic N) is 4. The van der Waals surface area contributed by atoms with Gasteiger partial charge in [-0.1, -0.05) is 300 Å². The molecule has 12 heteroatoms. The zero-order valence-corrected chi connectivity index (χ0v) is 70.9. The summed E-state index contributed by atoms with van der Waals surface area (Å²) in [5, 5.41) is 52.5. The summed E-state index contributed by atoms with van der Waals surface area (Å²) in [5.41, 5.74) is 5.30. The van der Waals surface area contributed by atoms with Crippen LogP contribution in [0.3, 0.4) is 0 Å². The molecule has 112 heavy (non-hydrogen) atoms. The second-order valence-corrected chi connectivity index (χ2v) is 33.8. The molecule has 0 saturated heterocycles. The van der Waals surface area contributed by atoms with Crippen LogP contribution < -0.4 is 18.9 Å². The molecule has 0 heterocycles. The number of phenolic OH excluding ortho intramolecular Hbond substituents is 4. The SMILES string of the molecule is CCCCCCCCCCCCOc1ccc(C=Nc2c(N=Cc3ccc(OCCCCCCCCCCCC)cc3O)c3cc(C(C)(C)C)cc4c(N=Cc5ccc(OCCCCCCCCCCCC)cc5O)c(N=Cc5ccc(OCCCCCCCCCCCC)cc5O)c5cc(C(C)(C)C)cc2c5c34)c(O)c1. The van der Waals surface area contributed by atoms with Crippen LogP contribution in [0.5, 0.6) is 46.0 Å². The Morgan fingerprint density at radius 1 is 0.250 bits per heavy atom. The van der Waals surface area contributed by atoms with E-state index in [2.05, 4.69) is 93.5 Å². The van der Waals surface area contributed by atoms with E-state index in [9.17, 15) is 20.4 Å². The van der Waals surface area contributed by atoms with Crippen LogP contribution >= 0.6 is 0 Å². The van der Waals surface area contributed by atoms with Gasteiger partial charge in [0.15, 0.2) is 0 Å². The number of rotatable bonds is 56. The molecule has 0 saturated carbocycles. The Kier molecular flexibility index (Phi) is 39.0. The molecular weight excluding hydrogens is 1390 g/mol. The maximum Gasteiger partial charge on any atom is 0.128 e. The van der Waals surface area contributed by atoms with E-state index in [1.54, 1.807) is 49.1 Å². The number of aliphatic imine (C=N–C) groups is 4. The van der Waals surface area contributed by atoms with E-state index < -0.39 is 10.8 Å². The molecular formula is C100H142N4O8. The van der Waals surface area contributed by atoms with Crippen molar-refractivity contribution in [3.8, 4) is 46.0 Å². The van der Waals surface area contributed by atoms with Gasteiger partial charge in [0.05, 0.1) is 49.2 Å². The molecule has 0 amide bonds. The zero-order chi connectivity index (χ0) is 79.8. The standard InChI is InChI=1S/C100H142N4O8/c1-11-15-19-23-27-31-35-39-43-47-59-109-81-55-51-75(89(105)67-81)71-101-95-85-63-79(99(5,6)7)65-87-93(85)94-86(96(95)102-72-76-52-56-82(68-90(76)106)110-60-48-44-40-36-32-28-24-20-16-12-2)64-80(100(8,9)10)66-88(94)98(104-74-78-54-58-84(70-92(78)108)112-62-50-46-42-38-34-30-26-22-18-14-4)97(87)103-73-77-53-57-83(69-91(77)107)111-61-49-45-41-37-33-29-25-21-17-13-3/h51-58,63-74,105-108H,11-50,59-62H2,1-10H3. The largest absolute Gasteiger partial charge is 0.507 e. The van der Waals surface area contributed by atoms with E-state index in [0.717, 1.165) is 94.8 Å². The van der Waals surface area contributed by atoms with Gasteiger partial charge in [-0.2, -0.15) is 0 Å². The fraction of sp³-hybridized carbons (Fsp3) is 0.560. The monoisotopic (exact) mass is 1530 g/mol. The van der Waals surface area contributed by atoms with Gasteiger partial charge in [0.2, 0.25) is 0 Å². The number of hydrogen-bond acceptors (Lipinski definition) is 12. The predicted molar refractivity (Wildman–Crippen MR) is 478 cm³/mol. The molecule has 0 aliphatic heterocycles. The highest BCUT2D eigenvalue weighted by molar-refractivity contribution is 6.35. The Labute approximate surface area is 675 Å². The maximum atomic E-state index is 11.9. The Hall–Kier alpha value is -8.12. The van der Waals surface area contributed by atoms with Crippen molar-refractivity contribution in [3.63, 3.8) is 0 Å². The molecule has 610 valence electrons. The van der Waals surface area contributed by atoms with E-state index in [-0.39, 0.29) is 23.0 Å². The number of aromatic hydroxyl groups is 4. The zero-order valence-electron chi connectivity index (χ0n) is 70.9. The fourth-order valence-electron chi connectivity index (χ4n) is 15.0. The lowest BCUT2D eigenvalue weighted by atomic mass is 9.79. The Morgan fingerprint density at radius 2 is 0.429 bits per heavy atom. The van der Waals surface area contributed by atoms with Gasteiger partial charge in [-0.3, -0.25) is 20.0 Å². The minimum Gasteiger partial charge on any atom is -0.507 e. The summed E-state index contributed by atoms with van der Waals surface area (Å²) in [5.74, 6) is 2.51. The smallest absolute Gasteiger partial charge is 0.128 e. The molecule has 0 aromatic heterocycles. The predicted octanol–water partition coefficient (Wildman–Crippen LogP) is 30.2. The number of unbranched alkanes of at least 4 members (excludes halogenated alkanes) is 36. The van der Waals surface area contributed by atoms with Crippen LogP contribution in [-0.2, 0) is 10.8 Å². The van der Waals surface area contributed by atoms with E-state index in [4.69, 9.17) is 38.9 Å². The van der Waals surface area contributed by atoms with Crippen molar-refractivity contribution in [1.82, 2.24) is 0 Å². The molecule has 0 aliphatic carbocycles. The van der Waals surface area contributed by atoms with Crippen LogP contribution in [-0.4, -0.2) is 71.7 Å². The first-order valence-electron chi connectivity index (χ1n) is 44.3. The van der Waals surface area contributed by atoms with Crippen LogP contribution in [0, 0.1) is 0 Å². The fourth-order valence-corrected chi connectivity index (χ4v) is 15.0. The first-order valence-corrected chi connectivity index (χ1v) is 44.3. The molecule has 0 atom stereocenters. The molecule has 12 nitrogen and oxygen atoms in total. The Morgan fingerprint density at radius 3 is 0.598 bits per heavy atom. The van der Waals surface area contributed by atoms with Gasteiger partial charge in [-0.25, -0.2) is 0 Å². The molecule has 4 N–H and O–H groups in total. The summed E-state index contributed by atoms with van der Waals surface area (Å²) in [6, 6.07) is 30.6. The summed E-state index contributed by atoms with van der Waals surface area (Å²) in [4.78, 5) is 21.9. The topological polar surface area (TPSA) is 167 Å². The van der Waals surface area contributed by atoms with Gasteiger partial charge in [-0.15, -0.1) is 0 Å². The van der Waals surface area contributed by atoms with Gasteiger partial charge in [0.25, 0.3) is 0 Å². The molecule has 0 aliphatic rings. The van der Waals surface area contributed by atoms with Gasteiger partial charge in [0.1, 0.15) is 46.0 Å². The number of ether oxygens (including phenoxy) is 4. The van der Waals surface area contributed by atoms with Crippen molar-refractivity contribution in [3.05, 3.63) is 130 Å². The first kappa shape index (κ1) is 89.4. The summed E-state index contributed by atoms with van der Waals surface area (Å²) >= 11 is 0. The highest BCUT2D eigenvalue weighted by Gasteiger charge is 2.29. The van der Waals surface area contributed by atoms with Crippen molar-refractivity contribution < 1.29 is 39.4 Å². The van der Waals surface area contributed by atoms with Crippen molar-refractivity contribution in [2.75, 3.05) is 26.4 Å². The molecule has 0 radical (unpaired) electrons. The first-order chi connectivity index (χ1) is 54.4. The molecule has 0 spiro atoms. The second kappa shape index (κ2) is 48.8. The lowest BCUT2D eigenvalue weighted by Crippen LogP contribution is -2.12. The molecule has 8 aromatic rings. The number of benzene rings is 8. The minimum atomic E-state index is -0.422.